The Morgan fingerprint density at radius 3 is 0.847 bits per heavy atom. The summed E-state index contributed by atoms with van der Waals surface area (Å²) in [7, 11) is 0. The van der Waals surface area contributed by atoms with Crippen LogP contribution >= 0.6 is 0 Å². The summed E-state index contributed by atoms with van der Waals surface area (Å²) in [6.07, 6.45) is 0. The van der Waals surface area contributed by atoms with Gasteiger partial charge in [0.15, 0.2) is 0 Å². The van der Waals surface area contributed by atoms with Crippen LogP contribution < -0.4 is 0 Å². The first-order valence-electron chi connectivity index (χ1n) is 24.5. The fourth-order valence-electron chi connectivity index (χ4n) is 11.9. The standard InChI is InChI=1S/C66H44N6/c1-39-21-25-59-49(29-39)45-13-5-9-17-55(45)69(59)63-35-43(37-67)33-53(65(63)71-57-19-11-7-15-47(57)51-31-41(3)23-27-61(51)71)54-34-44(38-68)36-64(70-56-18-10-6-14-46(56)50-30-40(2)22-26-60(50)70)66(54)72-58-20-12-8-16-48(58)52-32-42(4)24-28-62(52)72/h5-36H,1-4H3. The average Bonchev–Trinajstić information content (AvgIpc) is 4.12. The molecule has 338 valence electrons. The van der Waals surface area contributed by atoms with Crippen LogP contribution in [0.1, 0.15) is 33.4 Å². The van der Waals surface area contributed by atoms with Crippen LogP contribution in [0, 0.1) is 50.4 Å². The average molecular weight is 921 g/mol. The molecule has 0 fully saturated rings. The fraction of sp³-hybridized carbons (Fsp3) is 0.0606. The highest BCUT2D eigenvalue weighted by atomic mass is 15.1. The first kappa shape index (κ1) is 41.4. The van der Waals surface area contributed by atoms with E-state index >= 15 is 0 Å². The van der Waals surface area contributed by atoms with Crippen molar-refractivity contribution < 1.29 is 0 Å². The summed E-state index contributed by atoms with van der Waals surface area (Å²) in [5, 5.41) is 31.8. The number of hydrogen-bond acceptors (Lipinski definition) is 2. The molecule has 0 N–H and O–H groups in total. The lowest BCUT2D eigenvalue weighted by molar-refractivity contribution is 1.08. The number of benzene rings is 10. The van der Waals surface area contributed by atoms with Crippen molar-refractivity contribution in [3.05, 3.63) is 228 Å². The highest BCUT2D eigenvalue weighted by molar-refractivity contribution is 6.15. The van der Waals surface area contributed by atoms with Crippen molar-refractivity contribution in [3.8, 4) is 46.0 Å². The third-order valence-electron chi connectivity index (χ3n) is 15.0. The monoisotopic (exact) mass is 920 g/mol. The summed E-state index contributed by atoms with van der Waals surface area (Å²) in [4.78, 5) is 0. The zero-order valence-corrected chi connectivity index (χ0v) is 40.2. The van der Waals surface area contributed by atoms with Crippen molar-refractivity contribution in [3.63, 3.8) is 0 Å². The van der Waals surface area contributed by atoms with Crippen LogP contribution in [-0.4, -0.2) is 18.3 Å². The first-order chi connectivity index (χ1) is 35.3. The molecule has 0 aliphatic rings. The molecular formula is C66H44N6. The molecule has 0 radical (unpaired) electrons. The second-order valence-electron chi connectivity index (χ2n) is 19.5. The van der Waals surface area contributed by atoms with Crippen LogP contribution in [0.15, 0.2) is 194 Å². The van der Waals surface area contributed by atoms with Crippen molar-refractivity contribution >= 4 is 87.2 Å². The van der Waals surface area contributed by atoms with Gasteiger partial charge in [-0.3, -0.25) is 0 Å². The zero-order valence-electron chi connectivity index (χ0n) is 40.2. The Hall–Kier alpha value is -9.62. The van der Waals surface area contributed by atoms with Gasteiger partial charge in [0, 0.05) is 54.2 Å². The Morgan fingerprint density at radius 1 is 0.278 bits per heavy atom. The molecule has 6 heteroatoms. The van der Waals surface area contributed by atoms with Crippen molar-refractivity contribution in [2.45, 2.75) is 27.7 Å². The fourth-order valence-corrected chi connectivity index (χ4v) is 11.9. The molecule has 0 saturated carbocycles. The number of fused-ring (bicyclic) bond motifs is 12. The van der Waals surface area contributed by atoms with Crippen LogP contribution in [-0.2, 0) is 0 Å². The van der Waals surface area contributed by atoms with Crippen LogP contribution in [0.4, 0.5) is 0 Å². The van der Waals surface area contributed by atoms with Gasteiger partial charge in [0.05, 0.1) is 90.1 Å². The lowest BCUT2D eigenvalue weighted by Gasteiger charge is -2.25. The smallest absolute Gasteiger partial charge is 0.0992 e. The zero-order chi connectivity index (χ0) is 48.5. The molecule has 72 heavy (non-hydrogen) atoms. The van der Waals surface area contributed by atoms with Crippen molar-refractivity contribution in [2.24, 2.45) is 0 Å². The number of aryl methyl sites for hydroxylation is 4. The molecule has 0 atom stereocenters. The van der Waals surface area contributed by atoms with Gasteiger partial charge in [0.1, 0.15) is 0 Å². The van der Waals surface area contributed by atoms with Gasteiger partial charge in [-0.2, -0.15) is 10.5 Å². The Kier molecular flexibility index (Phi) is 8.87. The molecule has 0 aliphatic carbocycles. The molecule has 6 nitrogen and oxygen atoms in total. The van der Waals surface area contributed by atoms with Crippen LogP contribution in [0.2, 0.25) is 0 Å². The molecule has 4 heterocycles. The SMILES string of the molecule is Cc1ccc2c(c1)c1ccccc1n2-c1cc(C#N)cc(-c2cc(C#N)cc(-n3c4ccccc4c4cc(C)ccc43)c2-n2c3ccccc3c3cc(C)ccc32)c1-n1c2ccccc2c2cc(C)ccc21. The third-order valence-corrected chi connectivity index (χ3v) is 15.0. The van der Waals surface area contributed by atoms with Crippen LogP contribution in [0.5, 0.6) is 0 Å². The van der Waals surface area contributed by atoms with E-state index in [0.717, 1.165) is 121 Å². The molecule has 0 bridgehead atoms. The van der Waals surface area contributed by atoms with E-state index < -0.39 is 0 Å². The number of nitrogens with zero attached hydrogens (tertiary/aromatic N) is 6. The Bertz CT molecular complexity index is 4460. The Labute approximate surface area is 415 Å². The maximum absolute atomic E-state index is 11.4. The van der Waals surface area contributed by atoms with Gasteiger partial charge in [-0.1, -0.05) is 119 Å². The van der Waals surface area contributed by atoms with Gasteiger partial charge in [-0.15, -0.1) is 0 Å². The second kappa shape index (κ2) is 15.4. The quantitative estimate of drug-likeness (QED) is 0.173. The maximum atomic E-state index is 11.4. The summed E-state index contributed by atoms with van der Waals surface area (Å²) in [5.74, 6) is 0. The maximum Gasteiger partial charge on any atom is 0.0992 e. The Morgan fingerprint density at radius 2 is 0.542 bits per heavy atom. The topological polar surface area (TPSA) is 67.3 Å². The lowest BCUT2D eigenvalue weighted by atomic mass is 9.94. The summed E-state index contributed by atoms with van der Waals surface area (Å²) >= 11 is 0. The number of hydrogen-bond donors (Lipinski definition) is 0. The molecule has 10 aromatic carbocycles. The van der Waals surface area contributed by atoms with E-state index in [1.807, 2.05) is 0 Å². The van der Waals surface area contributed by atoms with Crippen molar-refractivity contribution in [2.75, 3.05) is 0 Å². The highest BCUT2D eigenvalue weighted by Gasteiger charge is 2.29. The molecule has 14 rings (SSSR count). The summed E-state index contributed by atoms with van der Waals surface area (Å²) in [6.45, 7) is 8.57. The van der Waals surface area contributed by atoms with E-state index in [1.54, 1.807) is 0 Å². The lowest BCUT2D eigenvalue weighted by Crippen LogP contribution is -2.10. The third kappa shape index (κ3) is 5.87. The molecule has 4 aromatic heterocycles. The highest BCUT2D eigenvalue weighted by Crippen LogP contribution is 2.48. The van der Waals surface area contributed by atoms with Gasteiger partial charge < -0.3 is 18.3 Å². The molecule has 0 saturated heterocycles. The largest absolute Gasteiger partial charge is 0.307 e. The summed E-state index contributed by atoms with van der Waals surface area (Å²) in [6, 6.07) is 74.7. The minimum absolute atomic E-state index is 0.499. The number of aromatic nitrogens is 4. The molecule has 0 spiro atoms. The predicted molar refractivity (Wildman–Crippen MR) is 298 cm³/mol. The second-order valence-corrected chi connectivity index (χ2v) is 19.5. The van der Waals surface area contributed by atoms with Crippen LogP contribution in [0.25, 0.3) is 121 Å². The first-order valence-corrected chi connectivity index (χ1v) is 24.5. The molecule has 14 aromatic rings. The minimum Gasteiger partial charge on any atom is -0.307 e. The molecule has 0 aliphatic heterocycles. The van der Waals surface area contributed by atoms with E-state index in [4.69, 9.17) is 0 Å². The molecular weight excluding hydrogens is 877 g/mol. The number of rotatable bonds is 5. The normalized spacial score (nSPS) is 11.9. The van der Waals surface area contributed by atoms with Crippen molar-refractivity contribution in [1.29, 1.82) is 10.5 Å². The Balaban J connectivity index is 1.26. The van der Waals surface area contributed by atoms with E-state index in [-0.39, 0.29) is 0 Å². The van der Waals surface area contributed by atoms with Gasteiger partial charge in [-0.05, 0) is 125 Å². The number of para-hydroxylation sites is 4. The summed E-state index contributed by atoms with van der Waals surface area (Å²) in [5.41, 5.74) is 19.0. The van der Waals surface area contributed by atoms with Gasteiger partial charge in [0.25, 0.3) is 0 Å². The summed E-state index contributed by atoms with van der Waals surface area (Å²) < 4.78 is 9.52. The van der Waals surface area contributed by atoms with Crippen molar-refractivity contribution in [1.82, 2.24) is 18.3 Å². The predicted octanol–water partition coefficient (Wildman–Crippen LogP) is 16.7. The molecule has 0 amide bonds. The van der Waals surface area contributed by atoms with Crippen LogP contribution in [0.3, 0.4) is 0 Å². The van der Waals surface area contributed by atoms with Gasteiger partial charge in [0.2, 0.25) is 0 Å². The van der Waals surface area contributed by atoms with E-state index in [1.165, 1.54) is 22.3 Å². The van der Waals surface area contributed by atoms with E-state index in [2.05, 4.69) is 252 Å². The minimum atomic E-state index is 0.499. The number of nitriles is 2. The van der Waals surface area contributed by atoms with Gasteiger partial charge >= 0.3 is 0 Å². The van der Waals surface area contributed by atoms with E-state index in [9.17, 15) is 10.5 Å². The van der Waals surface area contributed by atoms with E-state index in [0.29, 0.717) is 11.1 Å². The van der Waals surface area contributed by atoms with Gasteiger partial charge in [-0.25, -0.2) is 0 Å². The molecule has 0 unspecified atom stereocenters.